The molecule has 1 N–H and O–H groups in total. The normalized spacial score (nSPS) is 16.2. The van der Waals surface area contributed by atoms with Gasteiger partial charge in [0.15, 0.2) is 11.5 Å². The van der Waals surface area contributed by atoms with Gasteiger partial charge in [0.25, 0.3) is 0 Å². The minimum Gasteiger partial charge on any atom is -0.493 e. The van der Waals surface area contributed by atoms with Crippen LogP contribution >= 0.6 is 0 Å². The van der Waals surface area contributed by atoms with E-state index < -0.39 is 0 Å². The number of ether oxygens (including phenoxy) is 3. The summed E-state index contributed by atoms with van der Waals surface area (Å²) >= 11 is 0. The Balaban J connectivity index is 1.56. The van der Waals surface area contributed by atoms with Crippen molar-refractivity contribution in [2.24, 2.45) is 0 Å². The van der Waals surface area contributed by atoms with Crippen LogP contribution in [-0.2, 0) is 17.8 Å². The van der Waals surface area contributed by atoms with Gasteiger partial charge in [-0.2, -0.15) is 5.10 Å². The van der Waals surface area contributed by atoms with E-state index in [1.807, 2.05) is 30.5 Å². The van der Waals surface area contributed by atoms with Crippen molar-refractivity contribution in [1.29, 1.82) is 0 Å². The maximum absolute atomic E-state index is 5.93. The lowest BCUT2D eigenvalue weighted by Gasteiger charge is -2.25. The molecule has 1 atom stereocenters. The molecule has 6 nitrogen and oxygen atoms in total. The van der Waals surface area contributed by atoms with Gasteiger partial charge in [-0.1, -0.05) is 36.4 Å². The molecular weight excluding hydrogens is 378 g/mol. The maximum atomic E-state index is 5.93. The molecule has 158 valence electrons. The summed E-state index contributed by atoms with van der Waals surface area (Å²) in [6.07, 6.45) is 4.45. The first-order valence-corrected chi connectivity index (χ1v) is 10.4. The fourth-order valence-corrected chi connectivity index (χ4v) is 4.03. The van der Waals surface area contributed by atoms with Gasteiger partial charge >= 0.3 is 0 Å². The molecule has 0 saturated carbocycles. The average molecular weight is 408 g/mol. The SMILES string of the molecule is COc1ccc(CN(Cc2cn[nH]c2-c2ccccc2)C[C@@H]2CCCO2)cc1OC. The molecule has 1 aliphatic heterocycles. The molecule has 0 aliphatic carbocycles. The predicted molar refractivity (Wildman–Crippen MR) is 117 cm³/mol. The molecule has 0 spiro atoms. The molecule has 6 heteroatoms. The van der Waals surface area contributed by atoms with E-state index in [2.05, 4.69) is 39.4 Å². The summed E-state index contributed by atoms with van der Waals surface area (Å²) < 4.78 is 16.8. The van der Waals surface area contributed by atoms with E-state index in [-0.39, 0.29) is 6.10 Å². The lowest BCUT2D eigenvalue weighted by Crippen LogP contribution is -2.31. The van der Waals surface area contributed by atoms with Gasteiger partial charge in [0.2, 0.25) is 0 Å². The van der Waals surface area contributed by atoms with E-state index in [4.69, 9.17) is 14.2 Å². The van der Waals surface area contributed by atoms with Crippen LogP contribution in [0.1, 0.15) is 24.0 Å². The van der Waals surface area contributed by atoms with Crippen LogP contribution in [0.2, 0.25) is 0 Å². The van der Waals surface area contributed by atoms with E-state index in [1.165, 1.54) is 11.1 Å². The Morgan fingerprint density at radius 3 is 2.63 bits per heavy atom. The summed E-state index contributed by atoms with van der Waals surface area (Å²) in [6, 6.07) is 16.4. The zero-order valence-corrected chi connectivity index (χ0v) is 17.6. The second kappa shape index (κ2) is 9.78. The molecule has 0 radical (unpaired) electrons. The van der Waals surface area contributed by atoms with Gasteiger partial charge in [-0.25, -0.2) is 0 Å². The molecule has 2 heterocycles. The van der Waals surface area contributed by atoms with E-state index >= 15 is 0 Å². The summed E-state index contributed by atoms with van der Waals surface area (Å²) in [5, 5.41) is 7.49. The lowest BCUT2D eigenvalue weighted by molar-refractivity contribution is 0.0679. The predicted octanol–water partition coefficient (Wildman–Crippen LogP) is 4.28. The highest BCUT2D eigenvalue weighted by atomic mass is 16.5. The van der Waals surface area contributed by atoms with Gasteiger partial charge in [0, 0.05) is 31.8 Å². The van der Waals surface area contributed by atoms with Crippen LogP contribution in [0.25, 0.3) is 11.3 Å². The molecule has 1 fully saturated rings. The number of aromatic nitrogens is 2. The number of nitrogens with one attached hydrogen (secondary N) is 1. The first kappa shape index (κ1) is 20.4. The van der Waals surface area contributed by atoms with E-state index in [0.29, 0.717) is 0 Å². The summed E-state index contributed by atoms with van der Waals surface area (Å²) in [5.74, 6) is 1.49. The smallest absolute Gasteiger partial charge is 0.161 e. The topological polar surface area (TPSA) is 59.6 Å². The van der Waals surface area contributed by atoms with Gasteiger partial charge in [0.1, 0.15) is 0 Å². The van der Waals surface area contributed by atoms with Crippen LogP contribution in [-0.4, -0.2) is 48.6 Å². The zero-order chi connectivity index (χ0) is 20.8. The molecule has 1 aromatic heterocycles. The van der Waals surface area contributed by atoms with Crippen LogP contribution in [0.5, 0.6) is 11.5 Å². The number of benzene rings is 2. The number of aromatic amines is 1. The van der Waals surface area contributed by atoms with Gasteiger partial charge in [-0.3, -0.25) is 10.00 Å². The molecule has 4 rings (SSSR count). The van der Waals surface area contributed by atoms with Crippen LogP contribution in [0.15, 0.2) is 54.7 Å². The fourth-order valence-electron chi connectivity index (χ4n) is 4.03. The van der Waals surface area contributed by atoms with Crippen molar-refractivity contribution in [3.05, 3.63) is 65.9 Å². The molecule has 0 amide bonds. The van der Waals surface area contributed by atoms with Crippen molar-refractivity contribution in [3.8, 4) is 22.8 Å². The van der Waals surface area contributed by atoms with Crippen LogP contribution in [0.4, 0.5) is 0 Å². The Hall–Kier alpha value is -2.83. The highest BCUT2D eigenvalue weighted by Crippen LogP contribution is 2.29. The second-order valence-electron chi connectivity index (χ2n) is 7.63. The van der Waals surface area contributed by atoms with Crippen molar-refractivity contribution < 1.29 is 14.2 Å². The summed E-state index contributed by atoms with van der Waals surface area (Å²) in [4.78, 5) is 2.43. The zero-order valence-electron chi connectivity index (χ0n) is 17.6. The number of methoxy groups -OCH3 is 2. The number of rotatable bonds is 9. The third-order valence-electron chi connectivity index (χ3n) is 5.51. The molecule has 3 aromatic rings. The lowest BCUT2D eigenvalue weighted by atomic mass is 10.1. The molecule has 2 aromatic carbocycles. The standard InChI is InChI=1S/C24H29N3O3/c1-28-22-11-10-18(13-23(22)29-2)15-27(17-21-9-6-12-30-21)16-20-14-25-26-24(20)19-7-4-3-5-8-19/h3-5,7-8,10-11,13-14,21H,6,9,12,15-17H2,1-2H3,(H,25,26)/t21-/m0/s1. The van der Waals surface area contributed by atoms with Crippen molar-refractivity contribution in [3.63, 3.8) is 0 Å². The van der Waals surface area contributed by atoms with Gasteiger partial charge < -0.3 is 14.2 Å². The summed E-state index contributed by atoms with van der Waals surface area (Å²) in [5.41, 5.74) is 4.57. The third-order valence-corrected chi connectivity index (χ3v) is 5.51. The van der Waals surface area contributed by atoms with Crippen LogP contribution in [0.3, 0.4) is 0 Å². The fraction of sp³-hybridized carbons (Fsp3) is 0.375. The van der Waals surface area contributed by atoms with Crippen molar-refractivity contribution in [1.82, 2.24) is 15.1 Å². The minimum atomic E-state index is 0.275. The Kier molecular flexibility index (Phi) is 6.67. The molecule has 0 bridgehead atoms. The van der Waals surface area contributed by atoms with Crippen molar-refractivity contribution >= 4 is 0 Å². The van der Waals surface area contributed by atoms with E-state index in [1.54, 1.807) is 14.2 Å². The number of nitrogens with zero attached hydrogens (tertiary/aromatic N) is 2. The van der Waals surface area contributed by atoms with E-state index in [9.17, 15) is 0 Å². The van der Waals surface area contributed by atoms with Gasteiger partial charge in [-0.15, -0.1) is 0 Å². The summed E-state index contributed by atoms with van der Waals surface area (Å²) in [6.45, 7) is 3.32. The Labute approximate surface area is 177 Å². The first-order chi connectivity index (χ1) is 14.8. The van der Waals surface area contributed by atoms with Gasteiger partial charge in [0.05, 0.1) is 32.2 Å². The average Bonchev–Trinajstić information content (AvgIpc) is 3.46. The third kappa shape index (κ3) is 4.83. The largest absolute Gasteiger partial charge is 0.493 e. The van der Waals surface area contributed by atoms with Crippen LogP contribution in [0, 0.1) is 0 Å². The van der Waals surface area contributed by atoms with E-state index in [0.717, 1.165) is 61.8 Å². The highest BCUT2D eigenvalue weighted by Gasteiger charge is 2.21. The molecule has 1 saturated heterocycles. The first-order valence-electron chi connectivity index (χ1n) is 10.4. The minimum absolute atomic E-state index is 0.275. The summed E-state index contributed by atoms with van der Waals surface area (Å²) in [7, 11) is 3.33. The number of hydrogen-bond acceptors (Lipinski definition) is 5. The van der Waals surface area contributed by atoms with Crippen LogP contribution < -0.4 is 9.47 Å². The van der Waals surface area contributed by atoms with Crippen molar-refractivity contribution in [2.75, 3.05) is 27.4 Å². The molecule has 30 heavy (non-hydrogen) atoms. The quantitative estimate of drug-likeness (QED) is 0.574. The Morgan fingerprint density at radius 2 is 1.90 bits per heavy atom. The molecular formula is C24H29N3O3. The second-order valence-corrected chi connectivity index (χ2v) is 7.63. The number of hydrogen-bond donors (Lipinski definition) is 1. The maximum Gasteiger partial charge on any atom is 0.161 e. The Bertz CT molecular complexity index is 936. The number of H-pyrrole nitrogens is 1. The van der Waals surface area contributed by atoms with Crippen molar-refractivity contribution in [2.45, 2.75) is 32.0 Å². The highest BCUT2D eigenvalue weighted by molar-refractivity contribution is 5.62. The molecule has 0 unspecified atom stereocenters. The monoisotopic (exact) mass is 407 g/mol. The van der Waals surface area contributed by atoms with Gasteiger partial charge in [-0.05, 0) is 36.1 Å². The Morgan fingerprint density at radius 1 is 1.07 bits per heavy atom. The molecule has 1 aliphatic rings.